The summed E-state index contributed by atoms with van der Waals surface area (Å²) in [5, 5.41) is 0. The van der Waals surface area contributed by atoms with Crippen molar-refractivity contribution in [1.82, 2.24) is 0 Å². The summed E-state index contributed by atoms with van der Waals surface area (Å²) in [6.07, 6.45) is 0. The van der Waals surface area contributed by atoms with Gasteiger partial charge in [0.2, 0.25) is 0 Å². The molecule has 0 unspecified atom stereocenters. The summed E-state index contributed by atoms with van der Waals surface area (Å²) in [7, 11) is -11.7. The van der Waals surface area contributed by atoms with Crippen LogP contribution < -0.4 is 0 Å². The van der Waals surface area contributed by atoms with E-state index >= 15 is 0 Å². The molecule has 2 nitrogen and oxygen atoms in total. The number of benzene rings is 1. The second-order valence-electron chi connectivity index (χ2n) is 5.65. The van der Waals surface area contributed by atoms with Crippen LogP contribution in [0.1, 0.15) is 33.3 Å². The van der Waals surface area contributed by atoms with E-state index in [1.54, 1.807) is 20.8 Å². The molecule has 128 valence electrons. The molecular formula is C12H15F6NOS2. The average Bonchev–Trinajstić information content (AvgIpc) is 2.23. The smallest absolute Gasteiger partial charge is 0.234 e. The van der Waals surface area contributed by atoms with Crippen LogP contribution in [0.5, 0.6) is 0 Å². The minimum Gasteiger partial charge on any atom is -0.234 e. The van der Waals surface area contributed by atoms with E-state index < -0.39 is 42.2 Å². The van der Waals surface area contributed by atoms with Gasteiger partial charge >= 0.3 is 10.2 Å². The highest BCUT2D eigenvalue weighted by Gasteiger charge is 2.65. The Morgan fingerprint density at radius 1 is 1.14 bits per heavy atom. The van der Waals surface area contributed by atoms with Crippen LogP contribution in [0.2, 0.25) is 0 Å². The fraction of sp³-hybridized carbons (Fsp3) is 0.417. The molecule has 0 aliphatic carbocycles. The zero-order valence-corrected chi connectivity index (χ0v) is 13.8. The van der Waals surface area contributed by atoms with Gasteiger partial charge in [-0.25, -0.2) is 8.60 Å². The minimum atomic E-state index is -9.93. The maximum Gasteiger partial charge on any atom is 0.310 e. The molecule has 0 aliphatic rings. The SMILES string of the molecule is C/C(=N\[S@](=O)C(C)(C)C)c1ccc(S(F)(F)(F)(F)F)cc1F. The molecule has 0 fully saturated rings. The van der Waals surface area contributed by atoms with Gasteiger partial charge in [-0.15, -0.1) is 0 Å². The van der Waals surface area contributed by atoms with Gasteiger partial charge in [0, 0.05) is 5.56 Å². The Bertz CT molecular complexity index is 661. The predicted octanol–water partition coefficient (Wildman–Crippen LogP) is 5.75. The van der Waals surface area contributed by atoms with Crippen LogP contribution in [-0.4, -0.2) is 14.7 Å². The lowest BCUT2D eigenvalue weighted by Gasteiger charge is -2.40. The van der Waals surface area contributed by atoms with Gasteiger partial charge in [-0.3, -0.25) is 0 Å². The molecule has 1 rings (SSSR count). The fourth-order valence-corrected chi connectivity index (χ4v) is 2.61. The lowest BCUT2D eigenvalue weighted by atomic mass is 10.1. The van der Waals surface area contributed by atoms with Crippen LogP contribution in [0, 0.1) is 5.82 Å². The topological polar surface area (TPSA) is 29.4 Å². The Hall–Kier alpha value is -1.03. The number of halogens is 6. The third-order valence-electron chi connectivity index (χ3n) is 2.52. The lowest BCUT2D eigenvalue weighted by molar-refractivity contribution is 0.363. The van der Waals surface area contributed by atoms with Crippen LogP contribution in [0.15, 0.2) is 27.5 Å². The Morgan fingerprint density at radius 3 is 2.00 bits per heavy atom. The maximum atomic E-state index is 13.7. The third-order valence-corrected chi connectivity index (χ3v) is 5.15. The van der Waals surface area contributed by atoms with Crippen LogP contribution in [0.25, 0.3) is 0 Å². The van der Waals surface area contributed by atoms with Crippen molar-refractivity contribution in [3.05, 3.63) is 29.6 Å². The number of rotatable bonds is 3. The molecular weight excluding hydrogens is 352 g/mol. The molecule has 1 aromatic carbocycles. The monoisotopic (exact) mass is 367 g/mol. The Balaban J connectivity index is 3.33. The quantitative estimate of drug-likeness (QED) is 0.494. The first-order chi connectivity index (χ1) is 9.41. The van der Waals surface area contributed by atoms with Crippen molar-refractivity contribution < 1.29 is 28.0 Å². The molecule has 0 amide bonds. The zero-order valence-electron chi connectivity index (χ0n) is 12.2. The van der Waals surface area contributed by atoms with Gasteiger partial charge in [0.05, 0.1) is 10.5 Å². The van der Waals surface area contributed by atoms with E-state index in [0.29, 0.717) is 6.07 Å². The van der Waals surface area contributed by atoms with E-state index in [9.17, 15) is 28.0 Å². The molecule has 0 N–H and O–H groups in total. The summed E-state index contributed by atoms with van der Waals surface area (Å²) in [6.45, 7) is 6.05. The van der Waals surface area contributed by atoms with Gasteiger partial charge in [-0.05, 0) is 45.9 Å². The molecule has 0 spiro atoms. The van der Waals surface area contributed by atoms with Gasteiger partial charge in [0.15, 0.2) is 0 Å². The molecule has 0 heterocycles. The summed E-state index contributed by atoms with van der Waals surface area (Å²) < 4.78 is 91.4. The van der Waals surface area contributed by atoms with Gasteiger partial charge in [0.1, 0.15) is 21.7 Å². The summed E-state index contributed by atoms with van der Waals surface area (Å²) in [4.78, 5) is -2.31. The molecule has 0 saturated heterocycles. The summed E-state index contributed by atoms with van der Waals surface area (Å²) in [5.74, 6) is -1.50. The van der Waals surface area contributed by atoms with Crippen LogP contribution in [-0.2, 0) is 11.0 Å². The van der Waals surface area contributed by atoms with Crippen molar-refractivity contribution in [2.24, 2.45) is 4.40 Å². The van der Waals surface area contributed by atoms with Crippen LogP contribution in [0.4, 0.5) is 23.8 Å². The van der Waals surface area contributed by atoms with E-state index in [2.05, 4.69) is 4.40 Å². The molecule has 0 saturated carbocycles. The Kier molecular flexibility index (Phi) is 4.09. The molecule has 0 aliphatic heterocycles. The number of hydrogen-bond donors (Lipinski definition) is 0. The zero-order chi connectivity index (χ0) is 17.6. The minimum absolute atomic E-state index is 0.0962. The molecule has 0 aromatic heterocycles. The van der Waals surface area contributed by atoms with Crippen molar-refractivity contribution in [3.63, 3.8) is 0 Å². The van der Waals surface area contributed by atoms with Gasteiger partial charge in [-0.1, -0.05) is 19.4 Å². The van der Waals surface area contributed by atoms with E-state index in [0.717, 1.165) is 0 Å². The first-order valence-electron chi connectivity index (χ1n) is 5.93. The highest BCUT2D eigenvalue weighted by atomic mass is 32.5. The lowest BCUT2D eigenvalue weighted by Crippen LogP contribution is -2.21. The summed E-state index contributed by atoms with van der Waals surface area (Å²) >= 11 is 0. The average molecular weight is 367 g/mol. The molecule has 22 heavy (non-hydrogen) atoms. The Morgan fingerprint density at radius 2 is 1.64 bits per heavy atom. The van der Waals surface area contributed by atoms with E-state index in [-0.39, 0.29) is 17.8 Å². The maximum absolute atomic E-state index is 13.7. The van der Waals surface area contributed by atoms with Crippen molar-refractivity contribution in [1.29, 1.82) is 0 Å². The summed E-state index contributed by atoms with van der Waals surface area (Å²) in [6, 6.07) is 0.385. The first-order valence-corrected chi connectivity index (χ1v) is 8.99. The molecule has 10 heteroatoms. The highest BCUT2D eigenvalue weighted by molar-refractivity contribution is 8.45. The van der Waals surface area contributed by atoms with Gasteiger partial charge in [0.25, 0.3) is 0 Å². The molecule has 0 bridgehead atoms. The van der Waals surface area contributed by atoms with E-state index in [4.69, 9.17) is 0 Å². The standard InChI is InChI=1S/C12H15F6NOS2/c1-8(19-21(20)12(2,3)4)10-6-5-9(7-11(10)13)22(14,15,16,17)18/h5-7H,1-4H3/b19-8+/t21-/m1/s1. The van der Waals surface area contributed by atoms with Crippen LogP contribution in [0.3, 0.4) is 0 Å². The molecule has 0 radical (unpaired) electrons. The van der Waals surface area contributed by atoms with Crippen LogP contribution >= 0.6 is 10.2 Å². The molecule has 1 aromatic rings. The summed E-state index contributed by atoms with van der Waals surface area (Å²) in [5.41, 5.74) is -0.553. The fourth-order valence-electron chi connectivity index (χ4n) is 1.34. The second kappa shape index (κ2) is 4.73. The normalized spacial score (nSPS) is 18.5. The Labute approximate surface area is 126 Å². The second-order valence-corrected chi connectivity index (χ2v) is 9.96. The van der Waals surface area contributed by atoms with Crippen molar-refractivity contribution >= 4 is 26.9 Å². The van der Waals surface area contributed by atoms with Gasteiger partial charge < -0.3 is 0 Å². The van der Waals surface area contributed by atoms with Crippen molar-refractivity contribution in [2.45, 2.75) is 37.3 Å². The largest absolute Gasteiger partial charge is 0.310 e. The van der Waals surface area contributed by atoms with E-state index in [1.165, 1.54) is 6.92 Å². The number of nitrogens with zero attached hydrogens (tertiary/aromatic N) is 1. The predicted molar refractivity (Wildman–Crippen MR) is 77.9 cm³/mol. The molecule has 1 atom stereocenters. The third kappa shape index (κ3) is 4.73. The van der Waals surface area contributed by atoms with Crippen molar-refractivity contribution in [3.8, 4) is 0 Å². The van der Waals surface area contributed by atoms with E-state index in [1.807, 2.05) is 0 Å². The highest BCUT2D eigenvalue weighted by Crippen LogP contribution is 3.02. The van der Waals surface area contributed by atoms with Crippen molar-refractivity contribution in [2.75, 3.05) is 0 Å². The van der Waals surface area contributed by atoms with Gasteiger partial charge in [-0.2, -0.15) is 4.40 Å². The first kappa shape index (κ1) is 19.0. The number of hydrogen-bond acceptors (Lipinski definition) is 1.